The zero-order chi connectivity index (χ0) is 20.2. The van der Waals surface area contributed by atoms with Crippen LogP contribution in [0, 0.1) is 0 Å². The fourth-order valence-corrected chi connectivity index (χ4v) is 2.61. The predicted molar refractivity (Wildman–Crippen MR) is 125 cm³/mol. The molecule has 1 aromatic rings. The highest BCUT2D eigenvalue weighted by atomic mass is 127. The Morgan fingerprint density at radius 2 is 1.54 bits per heavy atom. The van der Waals surface area contributed by atoms with Crippen molar-refractivity contribution in [3.8, 4) is 0 Å². The van der Waals surface area contributed by atoms with Gasteiger partial charge in [0, 0.05) is 38.8 Å². The molecule has 0 heterocycles. The van der Waals surface area contributed by atoms with E-state index in [9.17, 15) is 9.59 Å². The molecule has 0 radical (unpaired) electrons. The van der Waals surface area contributed by atoms with Crippen molar-refractivity contribution < 1.29 is 9.59 Å². The summed E-state index contributed by atoms with van der Waals surface area (Å²) in [7, 11) is 1.86. The molecule has 7 nitrogen and oxygen atoms in total. The Morgan fingerprint density at radius 1 is 0.964 bits per heavy atom. The zero-order valence-electron chi connectivity index (χ0n) is 17.6. The summed E-state index contributed by atoms with van der Waals surface area (Å²) in [5, 5.41) is 6.00. The monoisotopic (exact) mass is 503 g/mol. The first kappa shape index (κ1) is 26.2. The van der Waals surface area contributed by atoms with Gasteiger partial charge < -0.3 is 20.4 Å². The minimum Gasteiger partial charge on any atom is -0.357 e. The summed E-state index contributed by atoms with van der Waals surface area (Å²) in [6.07, 6.45) is 0. The molecule has 0 saturated carbocycles. The van der Waals surface area contributed by atoms with Gasteiger partial charge in [0.25, 0.3) is 5.91 Å². The highest BCUT2D eigenvalue weighted by molar-refractivity contribution is 14.0. The van der Waals surface area contributed by atoms with Gasteiger partial charge in [-0.05, 0) is 45.4 Å². The summed E-state index contributed by atoms with van der Waals surface area (Å²) < 4.78 is 0. The smallest absolute Gasteiger partial charge is 0.251 e. The first-order valence-electron chi connectivity index (χ1n) is 9.61. The summed E-state index contributed by atoms with van der Waals surface area (Å²) >= 11 is 0. The number of hydrogen-bond acceptors (Lipinski definition) is 3. The van der Waals surface area contributed by atoms with Gasteiger partial charge >= 0.3 is 0 Å². The lowest BCUT2D eigenvalue weighted by Crippen LogP contribution is -2.45. The quantitative estimate of drug-likeness (QED) is 0.308. The molecule has 2 N–H and O–H groups in total. The van der Waals surface area contributed by atoms with Crippen LogP contribution in [-0.4, -0.2) is 67.3 Å². The maximum atomic E-state index is 12.3. The molecule has 0 aliphatic rings. The van der Waals surface area contributed by atoms with Gasteiger partial charge in [-0.3, -0.25) is 9.59 Å². The average molecular weight is 503 g/mol. The van der Waals surface area contributed by atoms with Crippen LogP contribution in [0.25, 0.3) is 0 Å². The Morgan fingerprint density at radius 3 is 2.04 bits per heavy atom. The van der Waals surface area contributed by atoms with Crippen molar-refractivity contribution in [3.63, 3.8) is 0 Å². The molecule has 0 unspecified atom stereocenters. The summed E-state index contributed by atoms with van der Waals surface area (Å²) in [6.45, 7) is 11.3. The Hall–Kier alpha value is -1.84. The second kappa shape index (κ2) is 14.2. The Labute approximate surface area is 186 Å². The van der Waals surface area contributed by atoms with Gasteiger partial charge in [0.2, 0.25) is 5.91 Å². The second-order valence-electron chi connectivity index (χ2n) is 6.15. The molecule has 1 rings (SSSR count). The van der Waals surface area contributed by atoms with E-state index in [1.165, 1.54) is 0 Å². The van der Waals surface area contributed by atoms with Crippen molar-refractivity contribution in [1.82, 2.24) is 20.4 Å². The van der Waals surface area contributed by atoms with Gasteiger partial charge in [-0.2, -0.15) is 0 Å². The van der Waals surface area contributed by atoms with E-state index in [4.69, 9.17) is 0 Å². The lowest BCUT2D eigenvalue weighted by molar-refractivity contribution is -0.131. The van der Waals surface area contributed by atoms with E-state index >= 15 is 0 Å². The van der Waals surface area contributed by atoms with Crippen LogP contribution in [0.2, 0.25) is 0 Å². The standard InChI is InChI=1S/C20H33N5O2.HI/c1-6-21-19(27)17-12-10-16(11-13-17)14-23-20(22-7-2)24(5)15-18(26)25(8-3)9-4;/h10-13H,6-9,14-15H2,1-5H3,(H,21,27)(H,22,23);1H. The number of guanidine groups is 1. The van der Waals surface area contributed by atoms with Crippen molar-refractivity contribution in [2.45, 2.75) is 34.2 Å². The third-order valence-electron chi connectivity index (χ3n) is 4.15. The fourth-order valence-electron chi connectivity index (χ4n) is 2.61. The molecule has 2 amide bonds. The number of likely N-dealkylation sites (N-methyl/N-ethyl adjacent to an activating group) is 2. The maximum Gasteiger partial charge on any atom is 0.251 e. The maximum absolute atomic E-state index is 12.3. The number of carbonyl (C=O) groups is 2. The van der Waals surface area contributed by atoms with Gasteiger partial charge in [0.15, 0.2) is 5.96 Å². The largest absolute Gasteiger partial charge is 0.357 e. The number of nitrogens with zero attached hydrogens (tertiary/aromatic N) is 3. The first-order valence-corrected chi connectivity index (χ1v) is 9.61. The highest BCUT2D eigenvalue weighted by Gasteiger charge is 2.15. The van der Waals surface area contributed by atoms with Gasteiger partial charge in [0.05, 0.1) is 13.1 Å². The van der Waals surface area contributed by atoms with Crippen LogP contribution in [0.4, 0.5) is 0 Å². The van der Waals surface area contributed by atoms with E-state index in [1.54, 1.807) is 17.0 Å². The first-order chi connectivity index (χ1) is 13.0. The highest BCUT2D eigenvalue weighted by Crippen LogP contribution is 2.06. The molecule has 0 aliphatic carbocycles. The number of benzene rings is 1. The van der Waals surface area contributed by atoms with Gasteiger partial charge in [0.1, 0.15) is 0 Å². The van der Waals surface area contributed by atoms with Crippen LogP contribution in [0.1, 0.15) is 43.6 Å². The molecule has 158 valence electrons. The molecule has 1 aromatic carbocycles. The number of amides is 2. The van der Waals surface area contributed by atoms with Crippen molar-refractivity contribution >= 4 is 41.8 Å². The van der Waals surface area contributed by atoms with Crippen LogP contribution < -0.4 is 10.6 Å². The number of rotatable bonds is 9. The summed E-state index contributed by atoms with van der Waals surface area (Å²) in [5.74, 6) is 0.695. The second-order valence-corrected chi connectivity index (χ2v) is 6.15. The van der Waals surface area contributed by atoms with Gasteiger partial charge in [-0.15, -0.1) is 24.0 Å². The third kappa shape index (κ3) is 8.45. The third-order valence-corrected chi connectivity index (χ3v) is 4.15. The van der Waals surface area contributed by atoms with Crippen molar-refractivity contribution in [2.75, 3.05) is 39.8 Å². The lowest BCUT2D eigenvalue weighted by Gasteiger charge is -2.25. The molecule has 0 saturated heterocycles. The van der Waals surface area contributed by atoms with Crippen LogP contribution in [-0.2, 0) is 11.3 Å². The molecule has 0 fully saturated rings. The molecule has 0 spiro atoms. The lowest BCUT2D eigenvalue weighted by atomic mass is 10.1. The number of nitrogens with one attached hydrogen (secondary N) is 2. The number of hydrogen-bond donors (Lipinski definition) is 2. The number of aliphatic imine (C=N–C) groups is 1. The topological polar surface area (TPSA) is 77.0 Å². The van der Waals surface area contributed by atoms with E-state index in [2.05, 4.69) is 15.6 Å². The predicted octanol–water partition coefficient (Wildman–Crippen LogP) is 2.32. The average Bonchev–Trinajstić information content (AvgIpc) is 2.66. The number of halogens is 1. The Bertz CT molecular complexity index is 630. The molecule has 8 heteroatoms. The number of carbonyl (C=O) groups excluding carboxylic acids is 2. The summed E-state index contributed by atoms with van der Waals surface area (Å²) in [6, 6.07) is 7.41. The van der Waals surface area contributed by atoms with Crippen LogP contribution in [0.15, 0.2) is 29.3 Å². The minimum atomic E-state index is -0.0736. The van der Waals surface area contributed by atoms with E-state index in [0.29, 0.717) is 37.7 Å². The molecule has 0 atom stereocenters. The van der Waals surface area contributed by atoms with Crippen molar-refractivity contribution in [3.05, 3.63) is 35.4 Å². The summed E-state index contributed by atoms with van der Waals surface area (Å²) in [5.41, 5.74) is 1.64. The van der Waals surface area contributed by atoms with Crippen molar-refractivity contribution in [2.24, 2.45) is 4.99 Å². The van der Waals surface area contributed by atoms with Crippen molar-refractivity contribution in [1.29, 1.82) is 0 Å². The molecule has 0 bridgehead atoms. The van der Waals surface area contributed by atoms with Crippen LogP contribution in [0.3, 0.4) is 0 Å². The minimum absolute atomic E-state index is 0. The zero-order valence-corrected chi connectivity index (χ0v) is 19.9. The summed E-state index contributed by atoms with van der Waals surface area (Å²) in [4.78, 5) is 32.4. The Kier molecular flexibility index (Phi) is 13.3. The van der Waals surface area contributed by atoms with Gasteiger partial charge in [-0.1, -0.05) is 12.1 Å². The van der Waals surface area contributed by atoms with Crippen LogP contribution >= 0.6 is 24.0 Å². The van der Waals surface area contributed by atoms with E-state index < -0.39 is 0 Å². The molecule has 0 aliphatic heterocycles. The van der Waals surface area contributed by atoms with E-state index in [-0.39, 0.29) is 42.3 Å². The molecular weight excluding hydrogens is 469 g/mol. The molecular formula is C20H34IN5O2. The normalized spacial score (nSPS) is 10.7. The molecule has 0 aromatic heterocycles. The SMILES string of the molecule is CCNC(=O)c1ccc(CN=C(NCC)N(C)CC(=O)N(CC)CC)cc1.I. The van der Waals surface area contributed by atoms with Gasteiger partial charge in [-0.25, -0.2) is 4.99 Å². The van der Waals surface area contributed by atoms with E-state index in [1.807, 2.05) is 51.8 Å². The molecule has 28 heavy (non-hydrogen) atoms. The van der Waals surface area contributed by atoms with E-state index in [0.717, 1.165) is 12.1 Å². The van der Waals surface area contributed by atoms with Crippen LogP contribution in [0.5, 0.6) is 0 Å². The Balaban J connectivity index is 0.00000729. The fraction of sp³-hybridized carbons (Fsp3) is 0.550.